The van der Waals surface area contributed by atoms with E-state index in [-0.39, 0.29) is 18.5 Å². The van der Waals surface area contributed by atoms with Gasteiger partial charge in [-0.25, -0.2) is 0 Å². The molecule has 7 nitrogen and oxygen atoms in total. The van der Waals surface area contributed by atoms with Crippen molar-refractivity contribution in [2.45, 2.75) is 84.3 Å². The predicted molar refractivity (Wildman–Crippen MR) is 102 cm³/mol. The lowest BCUT2D eigenvalue weighted by atomic mass is 9.95. The molecular weight excluding hydrogens is 396 g/mol. The van der Waals surface area contributed by atoms with Crippen LogP contribution in [-0.4, -0.2) is 41.8 Å². The molecule has 0 saturated carbocycles. The van der Waals surface area contributed by atoms with Gasteiger partial charge in [0.2, 0.25) is 0 Å². The number of halogens is 3. The van der Waals surface area contributed by atoms with Gasteiger partial charge < -0.3 is 20.1 Å². The maximum atomic E-state index is 12.7. The van der Waals surface area contributed by atoms with Gasteiger partial charge in [-0.3, -0.25) is 10.3 Å². The molecule has 0 aliphatic rings. The zero-order valence-electron chi connectivity index (χ0n) is 16.9. The first-order valence-corrected chi connectivity index (χ1v) is 10.6. The van der Waals surface area contributed by atoms with E-state index in [4.69, 9.17) is 15.8 Å². The van der Waals surface area contributed by atoms with Gasteiger partial charge in [0.1, 0.15) is 6.23 Å². The quantitative estimate of drug-likeness (QED) is 0.299. The van der Waals surface area contributed by atoms with Gasteiger partial charge in [-0.1, -0.05) is 11.3 Å². The molecule has 0 heterocycles. The number of hydrogen-bond donors (Lipinski definition) is 2. The minimum Gasteiger partial charge on any atom is -0.796 e. The summed E-state index contributed by atoms with van der Waals surface area (Å²) in [7, 11) is -2.36. The fourth-order valence-electron chi connectivity index (χ4n) is 2.62. The van der Waals surface area contributed by atoms with Crippen molar-refractivity contribution in [1.82, 2.24) is 4.90 Å². The lowest BCUT2D eigenvalue weighted by molar-refractivity contribution is -0.187. The summed E-state index contributed by atoms with van der Waals surface area (Å²) in [5, 5.41) is 0. The van der Waals surface area contributed by atoms with Gasteiger partial charge in [0.25, 0.3) is 12.1 Å². The van der Waals surface area contributed by atoms with Crippen LogP contribution in [0.1, 0.15) is 59.8 Å². The molecule has 4 N–H and O–H groups in total. The monoisotopic (exact) mass is 428 g/mol. The second-order valence-corrected chi connectivity index (χ2v) is 7.90. The first-order chi connectivity index (χ1) is 12.9. The van der Waals surface area contributed by atoms with Crippen molar-refractivity contribution >= 4 is 14.4 Å². The van der Waals surface area contributed by atoms with Gasteiger partial charge in [-0.15, -0.1) is 0 Å². The van der Waals surface area contributed by atoms with E-state index in [2.05, 4.69) is 10.9 Å². The summed E-state index contributed by atoms with van der Waals surface area (Å²) >= 11 is 0. The SMILES string of the molecule is CC(C)[N+]#CCCC(CCCCN(C(=O)C(F)(F)F)C(C)C)C(N)OP(N)[O-]. The molecule has 3 unspecified atom stereocenters. The van der Waals surface area contributed by atoms with Crippen LogP contribution >= 0.6 is 8.53 Å². The second-order valence-electron chi connectivity index (χ2n) is 7.12. The third-order valence-corrected chi connectivity index (χ3v) is 4.47. The van der Waals surface area contributed by atoms with Crippen LogP contribution in [0.5, 0.6) is 0 Å². The average molecular weight is 428 g/mol. The molecule has 0 spiro atoms. The average Bonchev–Trinajstić information content (AvgIpc) is 2.53. The van der Waals surface area contributed by atoms with Gasteiger partial charge in [0.05, 0.1) is 6.42 Å². The summed E-state index contributed by atoms with van der Waals surface area (Å²) in [6, 6.07) is 2.47. The number of hydrogen-bond acceptors (Lipinski definition) is 5. The highest BCUT2D eigenvalue weighted by atomic mass is 31.2. The van der Waals surface area contributed by atoms with E-state index in [1.165, 1.54) is 13.8 Å². The zero-order chi connectivity index (χ0) is 21.9. The fraction of sp³-hybridized carbons (Fsp3) is 0.882. The van der Waals surface area contributed by atoms with E-state index in [9.17, 15) is 22.9 Å². The number of rotatable bonds is 11. The van der Waals surface area contributed by atoms with Crippen LogP contribution in [0.4, 0.5) is 13.2 Å². The number of unbranched alkanes of at least 4 members (excludes halogenated alkanes) is 1. The van der Waals surface area contributed by atoms with E-state index in [0.717, 1.165) is 4.90 Å². The Balaban J connectivity index is 4.70. The van der Waals surface area contributed by atoms with Crippen LogP contribution in [0, 0.1) is 12.0 Å². The Morgan fingerprint density at radius 1 is 1.25 bits per heavy atom. The van der Waals surface area contributed by atoms with Crippen LogP contribution in [-0.2, 0) is 9.32 Å². The molecule has 3 atom stereocenters. The Labute approximate surface area is 166 Å². The molecule has 0 aromatic rings. The first kappa shape index (κ1) is 27.0. The summed E-state index contributed by atoms with van der Waals surface area (Å²) in [4.78, 5) is 27.5. The minimum absolute atomic E-state index is 0.00902. The molecule has 0 aromatic carbocycles. The second kappa shape index (κ2) is 13.3. The van der Waals surface area contributed by atoms with Crippen LogP contribution in [0.15, 0.2) is 0 Å². The van der Waals surface area contributed by atoms with Crippen LogP contribution in [0.2, 0.25) is 0 Å². The van der Waals surface area contributed by atoms with Crippen LogP contribution in [0.25, 0.3) is 4.85 Å². The van der Waals surface area contributed by atoms with Crippen LogP contribution in [0.3, 0.4) is 0 Å². The lowest BCUT2D eigenvalue weighted by Gasteiger charge is -2.29. The molecule has 0 aliphatic heterocycles. The summed E-state index contributed by atoms with van der Waals surface area (Å²) in [6.45, 7) is 6.91. The predicted octanol–water partition coefficient (Wildman–Crippen LogP) is 2.94. The summed E-state index contributed by atoms with van der Waals surface area (Å²) in [5.41, 5.74) is 11.0. The third kappa shape index (κ3) is 11.8. The molecule has 1 amide bonds. The molecule has 11 heteroatoms. The number of alkyl halides is 3. The largest absolute Gasteiger partial charge is 0.796 e. The van der Waals surface area contributed by atoms with Gasteiger partial charge in [-0.2, -0.15) is 13.2 Å². The molecular formula is C17H32F3N4O3P. The van der Waals surface area contributed by atoms with Crippen LogP contribution < -0.4 is 16.1 Å². The smallest absolute Gasteiger partial charge is 0.471 e. The molecule has 0 fully saturated rings. The van der Waals surface area contributed by atoms with Crippen molar-refractivity contribution in [3.05, 3.63) is 4.85 Å². The highest BCUT2D eigenvalue weighted by Gasteiger charge is 2.43. The van der Waals surface area contributed by atoms with E-state index in [0.29, 0.717) is 32.1 Å². The van der Waals surface area contributed by atoms with Gasteiger partial charge in [0.15, 0.2) is 0 Å². The molecule has 0 aliphatic carbocycles. The summed E-state index contributed by atoms with van der Waals surface area (Å²) in [6.07, 6.45) is -3.23. The summed E-state index contributed by atoms with van der Waals surface area (Å²) in [5.74, 6) is -2.04. The maximum absolute atomic E-state index is 12.7. The Morgan fingerprint density at radius 2 is 1.86 bits per heavy atom. The Hall–Kier alpha value is -0.980. The molecule has 0 bridgehead atoms. The topological polar surface area (TPSA) is 109 Å². The van der Waals surface area contributed by atoms with Gasteiger partial charge in [-0.05, 0) is 39.0 Å². The van der Waals surface area contributed by atoms with Crippen molar-refractivity contribution in [2.24, 2.45) is 17.2 Å². The highest BCUT2D eigenvalue weighted by molar-refractivity contribution is 7.41. The standard InChI is InChI=1S/C17H32F3N4O3P/c1-12(2)23-10-7-9-14(15(21)27-28(22)26)8-5-6-11-24(13(3)4)16(25)17(18,19)20/h12-15H,5-9,11,21-22H2,1-4H3. The van der Waals surface area contributed by atoms with Crippen molar-refractivity contribution in [2.75, 3.05) is 6.54 Å². The molecule has 0 aromatic heterocycles. The third-order valence-electron chi connectivity index (χ3n) is 4.02. The summed E-state index contributed by atoms with van der Waals surface area (Å²) < 4.78 is 43.0. The van der Waals surface area contributed by atoms with Crippen molar-refractivity contribution in [3.8, 4) is 6.07 Å². The van der Waals surface area contributed by atoms with Gasteiger partial charge >= 0.3 is 12.1 Å². The lowest BCUT2D eigenvalue weighted by Crippen LogP contribution is -2.45. The van der Waals surface area contributed by atoms with E-state index in [1.54, 1.807) is 0 Å². The van der Waals surface area contributed by atoms with Crippen molar-refractivity contribution in [3.63, 3.8) is 0 Å². The van der Waals surface area contributed by atoms with Gasteiger partial charge in [0, 0.05) is 35.0 Å². The highest BCUT2D eigenvalue weighted by Crippen LogP contribution is 2.26. The molecule has 0 radical (unpaired) electrons. The van der Waals surface area contributed by atoms with E-state index in [1.807, 2.05) is 13.8 Å². The van der Waals surface area contributed by atoms with E-state index < -0.39 is 32.9 Å². The molecule has 28 heavy (non-hydrogen) atoms. The normalized spacial score (nSPS) is 15.1. The fourth-order valence-corrected chi connectivity index (χ4v) is 3.03. The number of nitrogens with two attached hydrogens (primary N) is 2. The zero-order valence-corrected chi connectivity index (χ0v) is 17.8. The first-order valence-electron chi connectivity index (χ1n) is 9.31. The number of nitrogens with zero attached hydrogens (tertiary/aromatic N) is 2. The Kier molecular flexibility index (Phi) is 12.8. The minimum atomic E-state index is -4.89. The van der Waals surface area contributed by atoms with Crippen molar-refractivity contribution in [1.29, 1.82) is 0 Å². The Bertz CT molecular complexity index is 522. The maximum Gasteiger partial charge on any atom is 0.471 e. The molecule has 0 saturated heterocycles. The molecule has 164 valence electrons. The Morgan fingerprint density at radius 3 is 2.32 bits per heavy atom. The number of amides is 1. The van der Waals surface area contributed by atoms with E-state index >= 15 is 0 Å². The molecule has 0 rings (SSSR count). The number of carbonyl (C=O) groups excluding carboxylic acids is 1. The number of carbonyl (C=O) groups is 1. The van der Waals surface area contributed by atoms with Crippen molar-refractivity contribution < 1.29 is 27.4 Å².